The van der Waals surface area contributed by atoms with Gasteiger partial charge in [0.2, 0.25) is 0 Å². The number of hydrogen-bond acceptors (Lipinski definition) is 2. The molecule has 1 aliphatic carbocycles. The van der Waals surface area contributed by atoms with Crippen LogP contribution in [0.1, 0.15) is 22.9 Å². The fourth-order valence-corrected chi connectivity index (χ4v) is 3.43. The van der Waals surface area contributed by atoms with Crippen LogP contribution in [0.15, 0.2) is 66.9 Å². The summed E-state index contributed by atoms with van der Waals surface area (Å²) < 4.78 is 8.37. The predicted octanol–water partition coefficient (Wildman–Crippen LogP) is 3.90. The molecule has 0 unspecified atom stereocenters. The van der Waals surface area contributed by atoms with E-state index in [1.54, 1.807) is 0 Å². The normalized spacial score (nSPS) is 13.0. The minimum Gasteiger partial charge on any atom is -0.367 e. The lowest BCUT2D eigenvalue weighted by Crippen LogP contribution is -2.21. The van der Waals surface area contributed by atoms with Gasteiger partial charge in [0.05, 0.1) is 6.61 Å². The molecule has 0 fully saturated rings. The van der Waals surface area contributed by atoms with Crippen molar-refractivity contribution in [3.05, 3.63) is 83.7 Å². The Morgan fingerprint density at radius 3 is 2.21 bits per heavy atom. The number of nitrogens with zero attached hydrogens (tertiary/aromatic N) is 1. The fourth-order valence-electron chi connectivity index (χ4n) is 3.43. The smallest absolute Gasteiger partial charge is 0.109 e. The Morgan fingerprint density at radius 1 is 0.917 bits per heavy atom. The van der Waals surface area contributed by atoms with Crippen LogP contribution in [-0.4, -0.2) is 17.7 Å². The molecule has 1 aromatic heterocycles. The van der Waals surface area contributed by atoms with Crippen molar-refractivity contribution in [2.75, 3.05) is 13.2 Å². The first kappa shape index (κ1) is 15.2. The molecule has 1 aliphatic rings. The third-order valence-electron chi connectivity index (χ3n) is 4.70. The minimum atomic E-state index is 0.0502. The highest BCUT2D eigenvalue weighted by molar-refractivity contribution is 5.77. The summed E-state index contributed by atoms with van der Waals surface area (Å²) in [4.78, 5) is 0. The number of nitrogens with one attached hydrogen (secondary N) is 1. The molecule has 0 bridgehead atoms. The van der Waals surface area contributed by atoms with Crippen molar-refractivity contribution >= 4 is 0 Å². The maximum Gasteiger partial charge on any atom is 0.109 e. The van der Waals surface area contributed by atoms with Gasteiger partial charge in [-0.05, 0) is 34.4 Å². The molecule has 0 saturated carbocycles. The molecule has 0 radical (unpaired) electrons. The zero-order chi connectivity index (χ0) is 16.4. The first-order valence-corrected chi connectivity index (χ1v) is 8.45. The van der Waals surface area contributed by atoms with Crippen molar-refractivity contribution in [2.45, 2.75) is 12.6 Å². The van der Waals surface area contributed by atoms with Crippen LogP contribution in [0.5, 0.6) is 0 Å². The monoisotopic (exact) mass is 318 g/mol. The van der Waals surface area contributed by atoms with Gasteiger partial charge < -0.3 is 14.6 Å². The van der Waals surface area contributed by atoms with E-state index in [9.17, 15) is 0 Å². The highest BCUT2D eigenvalue weighted by Crippen LogP contribution is 2.44. The summed E-state index contributed by atoms with van der Waals surface area (Å²) >= 11 is 0. The standard InChI is InChI=1S/C21H22N2O/c1-23-13-6-7-16(23)15-22-12-14-24-21-19-10-4-2-8-17(19)18-9-3-5-11-20(18)21/h2-11,13,21-22H,12,14-15H2,1H3. The van der Waals surface area contributed by atoms with Gasteiger partial charge in [0.25, 0.3) is 0 Å². The minimum absolute atomic E-state index is 0.0502. The zero-order valence-corrected chi connectivity index (χ0v) is 13.9. The van der Waals surface area contributed by atoms with Crippen LogP contribution in [0.25, 0.3) is 11.1 Å². The van der Waals surface area contributed by atoms with Crippen molar-refractivity contribution in [3.8, 4) is 11.1 Å². The quantitative estimate of drug-likeness (QED) is 0.698. The predicted molar refractivity (Wildman–Crippen MR) is 96.8 cm³/mol. The van der Waals surface area contributed by atoms with E-state index < -0.39 is 0 Å². The third kappa shape index (κ3) is 2.77. The molecule has 24 heavy (non-hydrogen) atoms. The molecule has 1 N–H and O–H groups in total. The molecule has 3 heteroatoms. The van der Waals surface area contributed by atoms with Crippen molar-refractivity contribution in [2.24, 2.45) is 7.05 Å². The van der Waals surface area contributed by atoms with Gasteiger partial charge in [0, 0.05) is 32.0 Å². The highest BCUT2D eigenvalue weighted by Gasteiger charge is 2.28. The van der Waals surface area contributed by atoms with Crippen LogP contribution in [-0.2, 0) is 18.3 Å². The highest BCUT2D eigenvalue weighted by atomic mass is 16.5. The Balaban J connectivity index is 1.39. The summed E-state index contributed by atoms with van der Waals surface area (Å²) in [7, 11) is 2.07. The van der Waals surface area contributed by atoms with E-state index in [0.717, 1.165) is 13.1 Å². The topological polar surface area (TPSA) is 26.2 Å². The van der Waals surface area contributed by atoms with Gasteiger partial charge in [-0.2, -0.15) is 0 Å². The van der Waals surface area contributed by atoms with E-state index in [-0.39, 0.29) is 6.10 Å². The first-order valence-electron chi connectivity index (χ1n) is 8.45. The molecule has 0 saturated heterocycles. The summed E-state index contributed by atoms with van der Waals surface area (Å²) in [6.07, 6.45) is 2.12. The average molecular weight is 318 g/mol. The summed E-state index contributed by atoms with van der Waals surface area (Å²) in [6, 6.07) is 21.3. The van der Waals surface area contributed by atoms with Crippen molar-refractivity contribution in [1.82, 2.24) is 9.88 Å². The SMILES string of the molecule is Cn1cccc1CNCCOC1c2ccccc2-c2ccccc21. The molecule has 3 aromatic rings. The van der Waals surface area contributed by atoms with Crippen LogP contribution < -0.4 is 5.32 Å². The van der Waals surface area contributed by atoms with Gasteiger partial charge in [-0.25, -0.2) is 0 Å². The van der Waals surface area contributed by atoms with Crippen molar-refractivity contribution < 1.29 is 4.74 Å². The number of rotatable bonds is 6. The van der Waals surface area contributed by atoms with Crippen LogP contribution >= 0.6 is 0 Å². The van der Waals surface area contributed by atoms with Crippen LogP contribution in [0.2, 0.25) is 0 Å². The van der Waals surface area contributed by atoms with E-state index in [1.807, 2.05) is 0 Å². The van der Waals surface area contributed by atoms with E-state index in [0.29, 0.717) is 6.61 Å². The van der Waals surface area contributed by atoms with E-state index in [2.05, 4.69) is 83.8 Å². The molecule has 122 valence electrons. The Bertz CT molecular complexity index is 792. The number of aromatic nitrogens is 1. The molecule has 0 amide bonds. The van der Waals surface area contributed by atoms with Gasteiger partial charge in [-0.15, -0.1) is 0 Å². The number of benzene rings is 2. The summed E-state index contributed by atoms with van der Waals surface area (Å²) in [5.41, 5.74) is 6.44. The summed E-state index contributed by atoms with van der Waals surface area (Å²) in [5, 5.41) is 3.45. The average Bonchev–Trinajstić information content (AvgIpc) is 3.17. The van der Waals surface area contributed by atoms with Crippen molar-refractivity contribution in [1.29, 1.82) is 0 Å². The lowest BCUT2D eigenvalue weighted by molar-refractivity contribution is 0.0848. The Labute approximate surface area is 142 Å². The second kappa shape index (κ2) is 6.63. The van der Waals surface area contributed by atoms with Gasteiger partial charge in [0.15, 0.2) is 0 Å². The molecule has 2 aromatic carbocycles. The second-order valence-corrected chi connectivity index (χ2v) is 6.21. The maximum absolute atomic E-state index is 6.24. The van der Waals surface area contributed by atoms with Crippen molar-refractivity contribution in [3.63, 3.8) is 0 Å². The lowest BCUT2D eigenvalue weighted by atomic mass is 10.1. The maximum atomic E-state index is 6.24. The summed E-state index contributed by atoms with van der Waals surface area (Å²) in [6.45, 7) is 2.40. The van der Waals surface area contributed by atoms with E-state index in [1.165, 1.54) is 27.9 Å². The summed E-state index contributed by atoms with van der Waals surface area (Å²) in [5.74, 6) is 0. The largest absolute Gasteiger partial charge is 0.367 e. The molecular formula is C21H22N2O. The zero-order valence-electron chi connectivity index (χ0n) is 13.9. The third-order valence-corrected chi connectivity index (χ3v) is 4.70. The fraction of sp³-hybridized carbons (Fsp3) is 0.238. The number of aryl methyl sites for hydroxylation is 1. The molecule has 1 heterocycles. The molecule has 3 nitrogen and oxygen atoms in total. The van der Waals surface area contributed by atoms with Crippen LogP contribution in [0, 0.1) is 0 Å². The Hall–Kier alpha value is -2.36. The number of fused-ring (bicyclic) bond motifs is 3. The molecular weight excluding hydrogens is 296 g/mol. The van der Waals surface area contributed by atoms with Gasteiger partial charge in [-0.1, -0.05) is 48.5 Å². The van der Waals surface area contributed by atoms with Gasteiger partial charge in [-0.3, -0.25) is 0 Å². The Morgan fingerprint density at radius 2 is 1.58 bits per heavy atom. The van der Waals surface area contributed by atoms with Gasteiger partial charge in [0.1, 0.15) is 6.10 Å². The van der Waals surface area contributed by atoms with E-state index in [4.69, 9.17) is 4.74 Å². The molecule has 4 rings (SSSR count). The molecule has 0 aliphatic heterocycles. The van der Waals surface area contributed by atoms with E-state index >= 15 is 0 Å². The first-order chi connectivity index (χ1) is 11.8. The second-order valence-electron chi connectivity index (χ2n) is 6.21. The lowest BCUT2D eigenvalue weighted by Gasteiger charge is -2.15. The Kier molecular flexibility index (Phi) is 4.20. The van der Waals surface area contributed by atoms with Gasteiger partial charge >= 0.3 is 0 Å². The number of ether oxygens (including phenoxy) is 1. The van der Waals surface area contributed by atoms with Crippen LogP contribution in [0.3, 0.4) is 0 Å². The van der Waals surface area contributed by atoms with Crippen LogP contribution in [0.4, 0.5) is 0 Å². The molecule has 0 atom stereocenters. The number of hydrogen-bond donors (Lipinski definition) is 1. The molecule has 0 spiro atoms.